The molecule has 0 amide bonds. The first-order chi connectivity index (χ1) is 7.18. The van der Waals surface area contributed by atoms with Crippen LogP contribution in [0.4, 0.5) is 0 Å². The van der Waals surface area contributed by atoms with Crippen molar-refractivity contribution in [3.05, 3.63) is 35.1 Å². The number of hydrogen-bond donors (Lipinski definition) is 1. The van der Waals surface area contributed by atoms with E-state index in [0.29, 0.717) is 11.8 Å². The first kappa shape index (κ1) is 10.0. The Labute approximate surface area is 95.3 Å². The van der Waals surface area contributed by atoms with Gasteiger partial charge in [-0.2, -0.15) is 0 Å². The predicted octanol–water partition coefficient (Wildman–Crippen LogP) is 2.68. The van der Waals surface area contributed by atoms with Crippen molar-refractivity contribution in [2.24, 2.45) is 7.05 Å². The number of halogens is 1. The van der Waals surface area contributed by atoms with E-state index in [2.05, 4.69) is 20.9 Å². The van der Waals surface area contributed by atoms with E-state index >= 15 is 0 Å². The average molecular weight is 269 g/mol. The lowest BCUT2D eigenvalue weighted by molar-refractivity contribution is 0.382. The van der Waals surface area contributed by atoms with E-state index in [-0.39, 0.29) is 5.75 Å². The second kappa shape index (κ2) is 3.94. The van der Waals surface area contributed by atoms with Crippen LogP contribution in [0, 0.1) is 0 Å². The van der Waals surface area contributed by atoms with Crippen LogP contribution in [0.5, 0.6) is 17.5 Å². The van der Waals surface area contributed by atoms with Crippen molar-refractivity contribution in [1.29, 1.82) is 0 Å². The number of rotatable bonds is 2. The Morgan fingerprint density at radius 2 is 2.13 bits per heavy atom. The lowest BCUT2D eigenvalue weighted by atomic mass is 10.3. The monoisotopic (exact) mass is 268 g/mol. The number of phenols is 1. The van der Waals surface area contributed by atoms with Crippen LogP contribution in [0.15, 0.2) is 35.1 Å². The molecule has 2 aromatic rings. The molecule has 5 heteroatoms. The number of nitrogens with zero attached hydrogens (tertiary/aromatic N) is 2. The number of aromatic hydroxyl groups is 1. The molecule has 4 nitrogen and oxygen atoms in total. The fourth-order valence-electron chi connectivity index (χ4n) is 1.11. The molecular formula is C10H9BrN2O2. The molecule has 0 aliphatic rings. The molecule has 0 saturated heterocycles. The molecule has 78 valence electrons. The SMILES string of the molecule is Cn1c(Br)cnc1Oc1ccccc1O. The number of para-hydroxylation sites is 2. The summed E-state index contributed by atoms with van der Waals surface area (Å²) in [5.74, 6) is 0.482. The number of benzene rings is 1. The van der Waals surface area contributed by atoms with Gasteiger partial charge in [-0.1, -0.05) is 12.1 Å². The summed E-state index contributed by atoms with van der Waals surface area (Å²) in [4.78, 5) is 4.03. The molecule has 1 heterocycles. The van der Waals surface area contributed by atoms with Gasteiger partial charge in [-0.3, -0.25) is 4.57 Å². The van der Waals surface area contributed by atoms with E-state index in [1.165, 1.54) is 0 Å². The first-order valence-electron chi connectivity index (χ1n) is 4.31. The minimum atomic E-state index is 0.0941. The Balaban J connectivity index is 2.30. The highest BCUT2D eigenvalue weighted by Crippen LogP contribution is 2.29. The van der Waals surface area contributed by atoms with Crippen LogP contribution in [0.2, 0.25) is 0 Å². The number of imidazole rings is 1. The molecule has 0 unspecified atom stereocenters. The van der Waals surface area contributed by atoms with Crippen LogP contribution in [0.25, 0.3) is 0 Å². The van der Waals surface area contributed by atoms with E-state index in [9.17, 15) is 5.11 Å². The predicted molar refractivity (Wildman–Crippen MR) is 59.1 cm³/mol. The fraction of sp³-hybridized carbons (Fsp3) is 0.100. The van der Waals surface area contributed by atoms with Crippen molar-refractivity contribution in [2.45, 2.75) is 0 Å². The van der Waals surface area contributed by atoms with Crippen molar-refractivity contribution < 1.29 is 9.84 Å². The van der Waals surface area contributed by atoms with E-state index in [4.69, 9.17) is 4.74 Å². The van der Waals surface area contributed by atoms with Crippen LogP contribution >= 0.6 is 15.9 Å². The minimum absolute atomic E-state index is 0.0941. The summed E-state index contributed by atoms with van der Waals surface area (Å²) >= 11 is 3.31. The summed E-state index contributed by atoms with van der Waals surface area (Å²) in [5.41, 5.74) is 0. The summed E-state index contributed by atoms with van der Waals surface area (Å²) in [6.07, 6.45) is 1.63. The second-order valence-electron chi connectivity index (χ2n) is 2.99. The van der Waals surface area contributed by atoms with Gasteiger partial charge in [-0.05, 0) is 28.1 Å². The smallest absolute Gasteiger partial charge is 0.302 e. The summed E-state index contributed by atoms with van der Waals surface area (Å²) in [5, 5.41) is 9.50. The van der Waals surface area contributed by atoms with Crippen molar-refractivity contribution in [2.75, 3.05) is 0 Å². The van der Waals surface area contributed by atoms with Gasteiger partial charge >= 0.3 is 6.01 Å². The maximum absolute atomic E-state index is 9.50. The maximum Gasteiger partial charge on any atom is 0.302 e. The Bertz CT molecular complexity index is 482. The quantitative estimate of drug-likeness (QED) is 0.911. The van der Waals surface area contributed by atoms with Crippen LogP contribution in [-0.2, 0) is 7.05 Å². The normalized spacial score (nSPS) is 10.3. The second-order valence-corrected chi connectivity index (χ2v) is 3.80. The number of aromatic nitrogens is 2. The molecule has 15 heavy (non-hydrogen) atoms. The van der Waals surface area contributed by atoms with Crippen molar-refractivity contribution in [3.63, 3.8) is 0 Å². The van der Waals surface area contributed by atoms with Crippen molar-refractivity contribution >= 4 is 15.9 Å². The molecule has 1 aromatic carbocycles. The Hall–Kier alpha value is -1.49. The standard InChI is InChI=1S/C10H9BrN2O2/c1-13-9(11)6-12-10(13)15-8-5-3-2-4-7(8)14/h2-6,14H,1H3. The lowest BCUT2D eigenvalue weighted by Gasteiger charge is -2.06. The van der Waals surface area contributed by atoms with E-state index in [1.54, 1.807) is 35.0 Å². The van der Waals surface area contributed by atoms with Gasteiger partial charge < -0.3 is 9.84 Å². The van der Waals surface area contributed by atoms with Crippen LogP contribution < -0.4 is 4.74 Å². The molecule has 0 aliphatic carbocycles. The molecule has 0 aliphatic heterocycles. The summed E-state index contributed by atoms with van der Waals surface area (Å²) < 4.78 is 7.97. The zero-order valence-corrected chi connectivity index (χ0v) is 9.60. The third-order valence-electron chi connectivity index (χ3n) is 1.96. The van der Waals surface area contributed by atoms with Crippen LogP contribution in [-0.4, -0.2) is 14.7 Å². The zero-order chi connectivity index (χ0) is 10.8. The van der Waals surface area contributed by atoms with Gasteiger partial charge in [0.15, 0.2) is 11.5 Å². The van der Waals surface area contributed by atoms with E-state index in [0.717, 1.165) is 4.60 Å². The van der Waals surface area contributed by atoms with E-state index in [1.807, 2.05) is 7.05 Å². The third-order valence-corrected chi connectivity index (χ3v) is 2.69. The number of hydrogen-bond acceptors (Lipinski definition) is 3. The van der Waals surface area contributed by atoms with Gasteiger partial charge in [0, 0.05) is 7.05 Å². The summed E-state index contributed by atoms with van der Waals surface area (Å²) in [6.45, 7) is 0. The summed E-state index contributed by atoms with van der Waals surface area (Å²) in [6, 6.07) is 7.18. The largest absolute Gasteiger partial charge is 0.504 e. The van der Waals surface area contributed by atoms with Gasteiger partial charge in [0.2, 0.25) is 0 Å². The summed E-state index contributed by atoms with van der Waals surface area (Å²) in [7, 11) is 1.81. The first-order valence-corrected chi connectivity index (χ1v) is 5.11. The Morgan fingerprint density at radius 1 is 1.40 bits per heavy atom. The highest BCUT2D eigenvalue weighted by molar-refractivity contribution is 9.10. The molecule has 2 rings (SSSR count). The molecule has 0 fully saturated rings. The third kappa shape index (κ3) is 1.97. The zero-order valence-electron chi connectivity index (χ0n) is 8.01. The molecule has 0 atom stereocenters. The fourth-order valence-corrected chi connectivity index (χ4v) is 1.36. The Morgan fingerprint density at radius 3 is 2.73 bits per heavy atom. The van der Waals surface area contributed by atoms with Gasteiger partial charge in [0.1, 0.15) is 4.60 Å². The van der Waals surface area contributed by atoms with Gasteiger partial charge in [-0.25, -0.2) is 4.98 Å². The highest BCUT2D eigenvalue weighted by atomic mass is 79.9. The maximum atomic E-state index is 9.50. The average Bonchev–Trinajstić information content (AvgIpc) is 2.53. The molecule has 0 saturated carbocycles. The molecule has 1 aromatic heterocycles. The molecule has 1 N–H and O–H groups in total. The highest BCUT2D eigenvalue weighted by Gasteiger charge is 2.08. The molecule has 0 spiro atoms. The molecule has 0 radical (unpaired) electrons. The van der Waals surface area contributed by atoms with Gasteiger partial charge in [-0.15, -0.1) is 0 Å². The van der Waals surface area contributed by atoms with Crippen LogP contribution in [0.1, 0.15) is 0 Å². The topological polar surface area (TPSA) is 47.3 Å². The van der Waals surface area contributed by atoms with Crippen LogP contribution in [0.3, 0.4) is 0 Å². The lowest BCUT2D eigenvalue weighted by Crippen LogP contribution is -1.94. The van der Waals surface area contributed by atoms with Crippen molar-refractivity contribution in [3.8, 4) is 17.5 Å². The van der Waals surface area contributed by atoms with E-state index < -0.39 is 0 Å². The molecular weight excluding hydrogens is 260 g/mol. The Kier molecular flexibility index (Phi) is 2.64. The number of ether oxygens (including phenoxy) is 1. The molecule has 0 bridgehead atoms. The minimum Gasteiger partial charge on any atom is -0.504 e. The van der Waals surface area contributed by atoms with Crippen molar-refractivity contribution in [1.82, 2.24) is 9.55 Å². The number of phenolic OH excluding ortho intramolecular Hbond substituents is 1. The van der Waals surface area contributed by atoms with Gasteiger partial charge in [0.25, 0.3) is 0 Å². The van der Waals surface area contributed by atoms with Gasteiger partial charge in [0.05, 0.1) is 6.20 Å².